The van der Waals surface area contributed by atoms with Crippen molar-refractivity contribution in [1.82, 2.24) is 4.90 Å². The van der Waals surface area contributed by atoms with Gasteiger partial charge in [0.2, 0.25) is 0 Å². The summed E-state index contributed by atoms with van der Waals surface area (Å²) in [5, 5.41) is 11.2. The van der Waals surface area contributed by atoms with Crippen LogP contribution in [0, 0.1) is 5.82 Å². The van der Waals surface area contributed by atoms with Crippen molar-refractivity contribution in [1.29, 1.82) is 0 Å². The Morgan fingerprint density at radius 1 is 1.43 bits per heavy atom. The van der Waals surface area contributed by atoms with Crippen LogP contribution in [-0.4, -0.2) is 34.1 Å². The average Bonchev–Trinajstić information content (AvgIpc) is 2.36. The second-order valence-corrected chi connectivity index (χ2v) is 5.50. The summed E-state index contributed by atoms with van der Waals surface area (Å²) in [4.78, 5) is 24.4. The van der Waals surface area contributed by atoms with Gasteiger partial charge in [0.25, 0.3) is 0 Å². The summed E-state index contributed by atoms with van der Waals surface area (Å²) < 4.78 is 13.8. The van der Waals surface area contributed by atoms with Crippen LogP contribution in [0.25, 0.3) is 0 Å². The lowest BCUT2D eigenvalue weighted by Crippen LogP contribution is -2.47. The molecule has 0 atom stereocenters. The quantitative estimate of drug-likeness (QED) is 0.837. The Balaban J connectivity index is 2.96. The van der Waals surface area contributed by atoms with E-state index in [0.717, 1.165) is 6.07 Å². The van der Waals surface area contributed by atoms with Crippen molar-refractivity contribution in [3.63, 3.8) is 0 Å². The van der Waals surface area contributed by atoms with Crippen molar-refractivity contribution >= 4 is 17.7 Å². The van der Waals surface area contributed by atoms with Gasteiger partial charge in [0.05, 0.1) is 11.3 Å². The molecule has 0 spiro atoms. The Morgan fingerprint density at radius 2 is 2.05 bits per heavy atom. The molecule has 1 aromatic rings. The fourth-order valence-corrected chi connectivity index (χ4v) is 1.72. The minimum atomic E-state index is -1.23. The molecule has 5 nitrogen and oxygen atoms in total. The Kier molecular flexibility index (Phi) is 5.07. The maximum atomic E-state index is 13.8. The molecular formula is C15H19FN2O3. The number of rotatable bonds is 4. The summed E-state index contributed by atoms with van der Waals surface area (Å²) in [6.07, 6.45) is 1.58. The first-order chi connectivity index (χ1) is 9.66. The number of carboxylic acids is 1. The molecule has 1 rings (SSSR count). The molecule has 6 heteroatoms. The number of carbonyl (C=O) groups is 2. The first-order valence-electron chi connectivity index (χ1n) is 6.39. The molecule has 0 unspecified atom stereocenters. The van der Waals surface area contributed by atoms with E-state index in [1.54, 1.807) is 6.08 Å². The minimum Gasteiger partial charge on any atom is -0.478 e. The van der Waals surface area contributed by atoms with Gasteiger partial charge in [-0.15, -0.1) is 6.58 Å². The Labute approximate surface area is 123 Å². The number of aromatic carboxylic acids is 1. The maximum absolute atomic E-state index is 13.8. The van der Waals surface area contributed by atoms with E-state index in [0.29, 0.717) is 6.54 Å². The molecule has 1 aromatic carbocycles. The Bertz CT molecular complexity index is 565. The number of hydrogen-bond acceptors (Lipinski definition) is 2. The van der Waals surface area contributed by atoms with Crippen LogP contribution in [0.4, 0.5) is 14.9 Å². The highest BCUT2D eigenvalue weighted by Gasteiger charge is 2.26. The van der Waals surface area contributed by atoms with E-state index in [1.807, 2.05) is 20.8 Å². The largest absolute Gasteiger partial charge is 0.478 e. The van der Waals surface area contributed by atoms with Crippen molar-refractivity contribution in [2.45, 2.75) is 26.3 Å². The van der Waals surface area contributed by atoms with E-state index in [2.05, 4.69) is 11.9 Å². The van der Waals surface area contributed by atoms with E-state index in [9.17, 15) is 14.0 Å². The highest BCUT2D eigenvalue weighted by Crippen LogP contribution is 2.19. The van der Waals surface area contributed by atoms with Gasteiger partial charge in [-0.05, 0) is 39.0 Å². The summed E-state index contributed by atoms with van der Waals surface area (Å²) in [7, 11) is 0. The van der Waals surface area contributed by atoms with Gasteiger partial charge in [-0.25, -0.2) is 14.0 Å². The molecule has 2 amide bonds. The summed E-state index contributed by atoms with van der Waals surface area (Å²) in [5.74, 6) is -2.02. The van der Waals surface area contributed by atoms with Crippen LogP contribution in [0.5, 0.6) is 0 Å². The van der Waals surface area contributed by atoms with Crippen molar-refractivity contribution in [3.05, 3.63) is 42.2 Å². The van der Waals surface area contributed by atoms with Crippen LogP contribution in [0.15, 0.2) is 30.9 Å². The number of carbonyl (C=O) groups excluding carboxylic acids is 1. The van der Waals surface area contributed by atoms with Crippen LogP contribution in [-0.2, 0) is 0 Å². The lowest BCUT2D eigenvalue weighted by Gasteiger charge is -2.34. The second-order valence-electron chi connectivity index (χ2n) is 5.50. The van der Waals surface area contributed by atoms with Gasteiger partial charge in [0.1, 0.15) is 5.82 Å². The SMILES string of the molecule is C=CCN(C(=O)Nc1ccc(C(=O)O)cc1F)C(C)(C)C. The first kappa shape index (κ1) is 16.7. The molecule has 0 aromatic heterocycles. The molecule has 0 bridgehead atoms. The van der Waals surface area contributed by atoms with E-state index >= 15 is 0 Å². The predicted molar refractivity (Wildman–Crippen MR) is 79.0 cm³/mol. The zero-order chi connectivity index (χ0) is 16.2. The normalized spacial score (nSPS) is 10.9. The molecular weight excluding hydrogens is 275 g/mol. The molecule has 0 aliphatic heterocycles. The molecule has 21 heavy (non-hydrogen) atoms. The average molecular weight is 294 g/mol. The van der Waals surface area contributed by atoms with Gasteiger partial charge in [-0.2, -0.15) is 0 Å². The van der Waals surface area contributed by atoms with E-state index < -0.39 is 23.4 Å². The van der Waals surface area contributed by atoms with Gasteiger partial charge in [-0.1, -0.05) is 6.08 Å². The third-order valence-electron chi connectivity index (χ3n) is 2.82. The van der Waals surface area contributed by atoms with Crippen LogP contribution >= 0.6 is 0 Å². The second kappa shape index (κ2) is 6.39. The minimum absolute atomic E-state index is 0.0664. The van der Waals surface area contributed by atoms with Crippen molar-refractivity contribution < 1.29 is 19.1 Å². The number of nitrogens with zero attached hydrogens (tertiary/aromatic N) is 1. The maximum Gasteiger partial charge on any atom is 0.335 e. The Morgan fingerprint density at radius 3 is 2.48 bits per heavy atom. The number of carboxylic acid groups (broad SMARTS) is 1. The third-order valence-corrected chi connectivity index (χ3v) is 2.82. The van der Waals surface area contributed by atoms with Crippen LogP contribution in [0.2, 0.25) is 0 Å². The van der Waals surface area contributed by atoms with Crippen molar-refractivity contribution in [3.8, 4) is 0 Å². The molecule has 0 aliphatic rings. The van der Waals surface area contributed by atoms with Gasteiger partial charge < -0.3 is 15.3 Å². The molecule has 0 aliphatic carbocycles. The molecule has 0 saturated heterocycles. The summed E-state index contributed by atoms with van der Waals surface area (Å²) in [6.45, 7) is 9.44. The van der Waals surface area contributed by atoms with E-state index in [-0.39, 0.29) is 11.3 Å². The summed E-state index contributed by atoms with van der Waals surface area (Å²) in [5.41, 5.74) is -0.706. The number of benzene rings is 1. The fraction of sp³-hybridized carbons (Fsp3) is 0.333. The predicted octanol–water partition coefficient (Wildman–Crippen LogP) is 3.34. The van der Waals surface area contributed by atoms with E-state index in [1.165, 1.54) is 17.0 Å². The fourth-order valence-electron chi connectivity index (χ4n) is 1.72. The Hall–Kier alpha value is -2.37. The van der Waals surface area contributed by atoms with Gasteiger partial charge in [-0.3, -0.25) is 0 Å². The number of hydrogen-bond donors (Lipinski definition) is 2. The smallest absolute Gasteiger partial charge is 0.335 e. The van der Waals surface area contributed by atoms with Crippen LogP contribution in [0.3, 0.4) is 0 Å². The summed E-state index contributed by atoms with van der Waals surface area (Å²) >= 11 is 0. The van der Waals surface area contributed by atoms with Gasteiger partial charge in [0, 0.05) is 12.1 Å². The summed E-state index contributed by atoms with van der Waals surface area (Å²) in [6, 6.07) is 2.85. The van der Waals surface area contributed by atoms with Gasteiger partial charge >= 0.3 is 12.0 Å². The molecule has 0 fully saturated rings. The molecule has 114 valence electrons. The number of amides is 2. The first-order valence-corrected chi connectivity index (χ1v) is 6.39. The number of urea groups is 1. The third kappa shape index (κ3) is 4.30. The highest BCUT2D eigenvalue weighted by atomic mass is 19.1. The molecule has 2 N–H and O–H groups in total. The number of nitrogens with one attached hydrogen (secondary N) is 1. The lowest BCUT2D eigenvalue weighted by atomic mass is 10.1. The topological polar surface area (TPSA) is 69.6 Å². The standard InChI is InChI=1S/C15H19FN2O3/c1-5-8-18(15(2,3)4)14(21)17-12-7-6-10(13(19)20)9-11(12)16/h5-7,9H,1,8H2,2-4H3,(H,17,21)(H,19,20). The zero-order valence-corrected chi connectivity index (χ0v) is 12.3. The van der Waals surface area contributed by atoms with Gasteiger partial charge in [0.15, 0.2) is 0 Å². The number of halogens is 1. The highest BCUT2D eigenvalue weighted by molar-refractivity contribution is 5.92. The number of anilines is 1. The van der Waals surface area contributed by atoms with Crippen LogP contribution < -0.4 is 5.32 Å². The van der Waals surface area contributed by atoms with Crippen molar-refractivity contribution in [2.24, 2.45) is 0 Å². The molecule has 0 saturated carbocycles. The zero-order valence-electron chi connectivity index (χ0n) is 12.3. The molecule has 0 heterocycles. The monoisotopic (exact) mass is 294 g/mol. The molecule has 0 radical (unpaired) electrons. The van der Waals surface area contributed by atoms with Crippen LogP contribution in [0.1, 0.15) is 31.1 Å². The van der Waals surface area contributed by atoms with Crippen molar-refractivity contribution in [2.75, 3.05) is 11.9 Å². The van der Waals surface area contributed by atoms with E-state index in [4.69, 9.17) is 5.11 Å². The lowest BCUT2D eigenvalue weighted by molar-refractivity contribution is 0.0696.